The highest BCUT2D eigenvalue weighted by Crippen LogP contribution is 2.23. The van der Waals surface area contributed by atoms with E-state index in [0.717, 1.165) is 11.8 Å². The van der Waals surface area contributed by atoms with E-state index in [2.05, 4.69) is 21.2 Å². The van der Waals surface area contributed by atoms with Crippen molar-refractivity contribution in [1.29, 1.82) is 0 Å². The third kappa shape index (κ3) is 4.99. The van der Waals surface area contributed by atoms with E-state index < -0.39 is 5.25 Å². The van der Waals surface area contributed by atoms with Gasteiger partial charge in [-0.05, 0) is 12.1 Å². The molecule has 0 radical (unpaired) electrons. The van der Waals surface area contributed by atoms with Crippen LogP contribution in [0.15, 0.2) is 29.4 Å². The number of nitrogens with one attached hydrogen (secondary N) is 3. The minimum atomic E-state index is -0.590. The highest BCUT2D eigenvalue weighted by Gasteiger charge is 2.32. The van der Waals surface area contributed by atoms with Crippen LogP contribution in [-0.2, 0) is 14.4 Å². The summed E-state index contributed by atoms with van der Waals surface area (Å²) in [5.74, 6) is -0.335. The van der Waals surface area contributed by atoms with E-state index in [0.29, 0.717) is 11.4 Å². The zero-order valence-electron chi connectivity index (χ0n) is 12.6. The summed E-state index contributed by atoms with van der Waals surface area (Å²) in [6.45, 7) is 1.31. The lowest BCUT2D eigenvalue weighted by Crippen LogP contribution is -2.28. The monoisotopic (exact) mass is 336 g/mol. The summed E-state index contributed by atoms with van der Waals surface area (Å²) < 4.78 is 5.08. The van der Waals surface area contributed by atoms with Crippen LogP contribution < -0.4 is 20.8 Å². The summed E-state index contributed by atoms with van der Waals surface area (Å²) in [6, 6.07) is 6.93. The van der Waals surface area contributed by atoms with Crippen molar-refractivity contribution in [2.24, 2.45) is 5.10 Å². The first kappa shape index (κ1) is 16.8. The third-order valence-corrected chi connectivity index (χ3v) is 3.90. The Kier molecular flexibility index (Phi) is 5.58. The molecule has 1 saturated heterocycles. The van der Waals surface area contributed by atoms with Crippen LogP contribution in [0.2, 0.25) is 0 Å². The first-order valence-corrected chi connectivity index (χ1v) is 7.61. The molecule has 2 rings (SSSR count). The van der Waals surface area contributed by atoms with Crippen LogP contribution in [0.4, 0.5) is 5.69 Å². The summed E-state index contributed by atoms with van der Waals surface area (Å²) in [4.78, 5) is 34.6. The average Bonchev–Trinajstić information content (AvgIpc) is 2.85. The van der Waals surface area contributed by atoms with Crippen LogP contribution in [0.1, 0.15) is 13.3 Å². The SMILES string of the molecule is COc1cccc(NC(=O)C[C@@H]2S/C(=N/NC(C)=O)NC2=O)c1. The summed E-state index contributed by atoms with van der Waals surface area (Å²) >= 11 is 1.10. The molecule has 3 N–H and O–H groups in total. The average molecular weight is 336 g/mol. The fourth-order valence-electron chi connectivity index (χ4n) is 1.80. The number of hydrazone groups is 1. The van der Waals surface area contributed by atoms with Gasteiger partial charge in [-0.25, -0.2) is 5.43 Å². The van der Waals surface area contributed by atoms with E-state index in [1.165, 1.54) is 14.0 Å². The van der Waals surface area contributed by atoms with Gasteiger partial charge in [-0.15, -0.1) is 5.10 Å². The zero-order chi connectivity index (χ0) is 16.8. The lowest BCUT2D eigenvalue weighted by Gasteiger charge is -2.08. The van der Waals surface area contributed by atoms with Gasteiger partial charge in [0.25, 0.3) is 0 Å². The van der Waals surface area contributed by atoms with Gasteiger partial charge in [-0.3, -0.25) is 14.4 Å². The molecule has 122 valence electrons. The van der Waals surface area contributed by atoms with E-state index in [1.54, 1.807) is 24.3 Å². The molecule has 1 aromatic carbocycles. The Balaban J connectivity index is 1.91. The molecule has 0 unspecified atom stereocenters. The molecule has 8 nitrogen and oxygen atoms in total. The maximum absolute atomic E-state index is 12.0. The number of carbonyl (C=O) groups excluding carboxylic acids is 3. The van der Waals surface area contributed by atoms with Crippen molar-refractivity contribution in [3.05, 3.63) is 24.3 Å². The van der Waals surface area contributed by atoms with E-state index >= 15 is 0 Å². The van der Waals surface area contributed by atoms with Gasteiger partial charge >= 0.3 is 0 Å². The number of ether oxygens (including phenoxy) is 1. The maximum Gasteiger partial charge on any atom is 0.240 e. The molecule has 1 atom stereocenters. The Labute approximate surface area is 137 Å². The summed E-state index contributed by atoms with van der Waals surface area (Å²) in [6.07, 6.45) is -0.00714. The second-order valence-electron chi connectivity index (χ2n) is 4.66. The van der Waals surface area contributed by atoms with Gasteiger partial charge in [-0.1, -0.05) is 17.8 Å². The number of benzene rings is 1. The van der Waals surface area contributed by atoms with Crippen LogP contribution in [0, 0.1) is 0 Å². The number of hydrogen-bond donors (Lipinski definition) is 3. The molecule has 1 aliphatic rings. The Morgan fingerprint density at radius 1 is 1.43 bits per heavy atom. The van der Waals surface area contributed by atoms with E-state index in [4.69, 9.17) is 4.74 Å². The molecule has 0 spiro atoms. The fourth-order valence-corrected chi connectivity index (χ4v) is 2.73. The Morgan fingerprint density at radius 2 is 2.22 bits per heavy atom. The van der Waals surface area contributed by atoms with Gasteiger partial charge in [0.1, 0.15) is 11.0 Å². The fraction of sp³-hybridized carbons (Fsp3) is 0.286. The minimum absolute atomic E-state index is 0.00714. The first-order valence-electron chi connectivity index (χ1n) is 6.73. The number of anilines is 1. The van der Waals surface area contributed by atoms with Crippen molar-refractivity contribution >= 4 is 40.3 Å². The lowest BCUT2D eigenvalue weighted by molar-refractivity contribution is -0.122. The molecule has 9 heteroatoms. The van der Waals surface area contributed by atoms with Crippen LogP contribution in [0.5, 0.6) is 5.75 Å². The van der Waals surface area contributed by atoms with Crippen molar-refractivity contribution in [2.45, 2.75) is 18.6 Å². The number of amidine groups is 1. The zero-order valence-corrected chi connectivity index (χ0v) is 13.4. The van der Waals surface area contributed by atoms with Crippen LogP contribution in [-0.4, -0.2) is 35.2 Å². The van der Waals surface area contributed by atoms with Crippen molar-refractivity contribution in [3.63, 3.8) is 0 Å². The molecule has 1 fully saturated rings. The second-order valence-corrected chi connectivity index (χ2v) is 5.86. The van der Waals surface area contributed by atoms with Crippen molar-refractivity contribution < 1.29 is 19.1 Å². The normalized spacial score (nSPS) is 18.4. The molecular formula is C14H16N4O4S. The third-order valence-electron chi connectivity index (χ3n) is 2.82. The van der Waals surface area contributed by atoms with Crippen LogP contribution >= 0.6 is 11.8 Å². The number of nitrogens with zero attached hydrogens (tertiary/aromatic N) is 1. The van der Waals surface area contributed by atoms with Gasteiger partial charge in [-0.2, -0.15) is 0 Å². The van der Waals surface area contributed by atoms with Crippen molar-refractivity contribution in [2.75, 3.05) is 12.4 Å². The first-order chi connectivity index (χ1) is 11.0. The molecule has 3 amide bonds. The van der Waals surface area contributed by atoms with E-state index in [9.17, 15) is 14.4 Å². The van der Waals surface area contributed by atoms with Crippen LogP contribution in [0.25, 0.3) is 0 Å². The minimum Gasteiger partial charge on any atom is -0.497 e. The standard InChI is InChI=1S/C14H16N4O4S/c1-8(19)17-18-14-16-13(21)11(23-14)7-12(20)15-9-4-3-5-10(6-9)22-2/h3-6,11H,7H2,1-2H3,(H,15,20)(H,17,19)(H,16,18,21)/t11-/m0/s1. The number of hydrogen-bond acceptors (Lipinski definition) is 6. The summed E-state index contributed by atoms with van der Waals surface area (Å²) in [7, 11) is 1.54. The number of carbonyl (C=O) groups is 3. The van der Waals surface area contributed by atoms with Gasteiger partial charge in [0.2, 0.25) is 17.7 Å². The summed E-state index contributed by atoms with van der Waals surface area (Å²) in [5, 5.41) is 8.63. The smallest absolute Gasteiger partial charge is 0.240 e. The Bertz CT molecular complexity index is 662. The maximum atomic E-state index is 12.0. The van der Waals surface area contributed by atoms with Gasteiger partial charge in [0.15, 0.2) is 5.17 Å². The van der Waals surface area contributed by atoms with E-state index in [1.807, 2.05) is 0 Å². The molecule has 0 aromatic heterocycles. The molecule has 0 saturated carbocycles. The molecule has 1 aromatic rings. The second kappa shape index (κ2) is 7.63. The predicted octanol–water partition coefficient (Wildman–Crippen LogP) is 0.662. The van der Waals surface area contributed by atoms with Gasteiger partial charge in [0.05, 0.1) is 7.11 Å². The van der Waals surface area contributed by atoms with Gasteiger partial charge in [0, 0.05) is 25.1 Å². The van der Waals surface area contributed by atoms with Crippen molar-refractivity contribution in [3.8, 4) is 5.75 Å². The number of rotatable bonds is 5. The van der Waals surface area contributed by atoms with Gasteiger partial charge < -0.3 is 15.4 Å². The topological polar surface area (TPSA) is 109 Å². The molecular weight excluding hydrogens is 320 g/mol. The molecule has 1 aliphatic heterocycles. The predicted molar refractivity (Wildman–Crippen MR) is 87.0 cm³/mol. The van der Waals surface area contributed by atoms with Crippen molar-refractivity contribution in [1.82, 2.24) is 10.7 Å². The highest BCUT2D eigenvalue weighted by molar-refractivity contribution is 8.15. The number of amides is 3. The molecule has 0 aliphatic carbocycles. The van der Waals surface area contributed by atoms with E-state index in [-0.39, 0.29) is 29.3 Å². The molecule has 0 bridgehead atoms. The highest BCUT2D eigenvalue weighted by atomic mass is 32.2. The number of thioether (sulfide) groups is 1. The van der Waals surface area contributed by atoms with Crippen LogP contribution in [0.3, 0.4) is 0 Å². The lowest BCUT2D eigenvalue weighted by atomic mass is 10.2. The summed E-state index contributed by atoms with van der Waals surface area (Å²) in [5.41, 5.74) is 2.82. The quantitative estimate of drug-likeness (QED) is 0.685. The Hall–Kier alpha value is -2.55. The largest absolute Gasteiger partial charge is 0.497 e. The molecule has 1 heterocycles. The molecule has 23 heavy (non-hydrogen) atoms. The number of methoxy groups -OCH3 is 1. The Morgan fingerprint density at radius 3 is 2.91 bits per heavy atom.